The molecule has 0 unspecified atom stereocenters. The number of aliphatic hydroxyl groups excluding tert-OH is 1. The second kappa shape index (κ2) is 9.88. The molecule has 8 nitrogen and oxygen atoms in total. The third kappa shape index (κ3) is 6.08. The van der Waals surface area contributed by atoms with Gasteiger partial charge >= 0.3 is 12.0 Å². The maximum atomic E-state index is 13.4. The number of hydrogen-bond donors (Lipinski definition) is 4. The number of ether oxygens (including phenoxy) is 1. The number of carbonyl (C=O) groups is 3. The summed E-state index contributed by atoms with van der Waals surface area (Å²) in [6.45, 7) is -0.582. The van der Waals surface area contributed by atoms with Crippen LogP contribution in [0.25, 0.3) is 0 Å². The number of benzene rings is 2. The zero-order chi connectivity index (χ0) is 19.6. The van der Waals surface area contributed by atoms with Crippen molar-refractivity contribution in [2.24, 2.45) is 0 Å². The summed E-state index contributed by atoms with van der Waals surface area (Å²) in [6.07, 6.45) is 0. The lowest BCUT2D eigenvalue weighted by atomic mass is 10.2. The van der Waals surface area contributed by atoms with Crippen molar-refractivity contribution in [1.82, 2.24) is 5.32 Å². The Kier molecular flexibility index (Phi) is 7.26. The Bertz CT molecular complexity index is 828. The molecule has 4 N–H and O–H groups in total. The monoisotopic (exact) mass is 375 g/mol. The fourth-order valence-electron chi connectivity index (χ4n) is 2.09. The minimum absolute atomic E-state index is 0.0938. The molecule has 0 aliphatic rings. The molecule has 142 valence electrons. The number of amides is 3. The highest BCUT2D eigenvalue weighted by molar-refractivity contribution is 6.02. The van der Waals surface area contributed by atoms with E-state index in [1.54, 1.807) is 18.2 Å². The summed E-state index contributed by atoms with van der Waals surface area (Å²) in [6, 6.07) is 10.9. The van der Waals surface area contributed by atoms with E-state index < -0.39 is 30.3 Å². The standard InChI is InChI=1S/C18H18FN3O5/c19-13-6-2-4-8-15(13)21-18(26)22-16(24)11-27-17(25)12-5-1-3-7-14(12)20-9-10-23/h1-8,20,23H,9-11H2,(H2,21,22,24,26). The first-order valence-electron chi connectivity index (χ1n) is 7.97. The maximum absolute atomic E-state index is 13.4. The highest BCUT2D eigenvalue weighted by Gasteiger charge is 2.16. The first-order valence-corrected chi connectivity index (χ1v) is 7.97. The minimum Gasteiger partial charge on any atom is -0.452 e. The van der Waals surface area contributed by atoms with Crippen LogP contribution in [-0.2, 0) is 9.53 Å². The van der Waals surface area contributed by atoms with E-state index in [-0.39, 0.29) is 24.4 Å². The number of rotatable bonds is 7. The molecule has 2 aromatic rings. The van der Waals surface area contributed by atoms with Crippen LogP contribution in [0, 0.1) is 5.82 Å². The summed E-state index contributed by atoms with van der Waals surface area (Å²) in [5.74, 6) is -2.31. The summed E-state index contributed by atoms with van der Waals surface area (Å²) in [4.78, 5) is 35.5. The molecule has 3 amide bonds. The number of imide groups is 1. The van der Waals surface area contributed by atoms with Crippen molar-refractivity contribution in [3.05, 3.63) is 59.9 Å². The van der Waals surface area contributed by atoms with Crippen LogP contribution in [0.4, 0.5) is 20.6 Å². The predicted octanol–water partition coefficient (Wildman–Crippen LogP) is 1.73. The lowest BCUT2D eigenvalue weighted by molar-refractivity contribution is -0.123. The molecule has 9 heteroatoms. The largest absolute Gasteiger partial charge is 0.452 e. The number of hydrogen-bond acceptors (Lipinski definition) is 6. The van der Waals surface area contributed by atoms with Crippen molar-refractivity contribution in [3.63, 3.8) is 0 Å². The molecule has 0 bridgehead atoms. The smallest absolute Gasteiger partial charge is 0.340 e. The van der Waals surface area contributed by atoms with Crippen LogP contribution in [0.3, 0.4) is 0 Å². The van der Waals surface area contributed by atoms with E-state index in [0.717, 1.165) is 6.07 Å². The van der Waals surface area contributed by atoms with Crippen LogP contribution >= 0.6 is 0 Å². The van der Waals surface area contributed by atoms with Gasteiger partial charge in [-0.15, -0.1) is 0 Å². The summed E-state index contributed by atoms with van der Waals surface area (Å²) in [5.41, 5.74) is 0.521. The number of nitrogens with one attached hydrogen (secondary N) is 3. The van der Waals surface area contributed by atoms with Gasteiger partial charge in [0.05, 0.1) is 17.9 Å². The molecule has 0 atom stereocenters. The summed E-state index contributed by atoms with van der Waals surface area (Å²) in [7, 11) is 0. The van der Waals surface area contributed by atoms with Crippen LogP contribution < -0.4 is 16.0 Å². The number of aliphatic hydroxyl groups is 1. The first kappa shape index (κ1) is 19.9. The lowest BCUT2D eigenvalue weighted by Crippen LogP contribution is -2.37. The zero-order valence-corrected chi connectivity index (χ0v) is 14.2. The molecule has 0 heterocycles. The van der Waals surface area contributed by atoms with Crippen molar-refractivity contribution in [2.45, 2.75) is 0 Å². The molecule has 0 aliphatic heterocycles. The Morgan fingerprint density at radius 1 is 1.00 bits per heavy atom. The van der Waals surface area contributed by atoms with Gasteiger partial charge in [-0.3, -0.25) is 10.1 Å². The SMILES string of the molecule is O=C(COC(=O)c1ccccc1NCCO)NC(=O)Nc1ccccc1F. The lowest BCUT2D eigenvalue weighted by Gasteiger charge is -2.11. The van der Waals surface area contributed by atoms with Crippen molar-refractivity contribution >= 4 is 29.3 Å². The zero-order valence-electron chi connectivity index (χ0n) is 14.2. The molecule has 0 radical (unpaired) electrons. The van der Waals surface area contributed by atoms with Crippen LogP contribution in [0.5, 0.6) is 0 Å². The highest BCUT2D eigenvalue weighted by atomic mass is 19.1. The minimum atomic E-state index is -0.953. The van der Waals surface area contributed by atoms with Crippen LogP contribution in [0.2, 0.25) is 0 Å². The maximum Gasteiger partial charge on any atom is 0.340 e. The topological polar surface area (TPSA) is 117 Å². The number of esters is 1. The second-order valence-electron chi connectivity index (χ2n) is 5.25. The molecule has 0 aliphatic carbocycles. The molecule has 0 saturated heterocycles. The van der Waals surface area contributed by atoms with E-state index >= 15 is 0 Å². The summed E-state index contributed by atoms with van der Waals surface area (Å²) in [5, 5.41) is 15.8. The number of carbonyl (C=O) groups excluding carboxylic acids is 3. The predicted molar refractivity (Wildman–Crippen MR) is 95.9 cm³/mol. The molecule has 27 heavy (non-hydrogen) atoms. The van der Waals surface area contributed by atoms with Crippen LogP contribution in [0.15, 0.2) is 48.5 Å². The first-order chi connectivity index (χ1) is 13.0. The second-order valence-corrected chi connectivity index (χ2v) is 5.25. The van der Waals surface area contributed by atoms with Crippen LogP contribution in [-0.4, -0.2) is 42.8 Å². The number of halogens is 1. The summed E-state index contributed by atoms with van der Waals surface area (Å²) < 4.78 is 18.3. The Balaban J connectivity index is 1.85. The van der Waals surface area contributed by atoms with Gasteiger partial charge < -0.3 is 20.5 Å². The number of para-hydroxylation sites is 2. The van der Waals surface area contributed by atoms with Gasteiger partial charge in [0.15, 0.2) is 6.61 Å². The van der Waals surface area contributed by atoms with E-state index in [0.29, 0.717) is 5.69 Å². The Hall–Kier alpha value is -3.46. The third-order valence-electron chi connectivity index (χ3n) is 3.28. The van der Waals surface area contributed by atoms with Gasteiger partial charge in [0.25, 0.3) is 5.91 Å². The molecule has 0 fully saturated rings. The molecular weight excluding hydrogens is 357 g/mol. The fraction of sp³-hybridized carbons (Fsp3) is 0.167. The molecular formula is C18H18FN3O5. The quantitative estimate of drug-likeness (QED) is 0.548. The van der Waals surface area contributed by atoms with Gasteiger partial charge in [0.1, 0.15) is 5.82 Å². The number of anilines is 2. The van der Waals surface area contributed by atoms with E-state index in [9.17, 15) is 18.8 Å². The van der Waals surface area contributed by atoms with Crippen molar-refractivity contribution in [1.29, 1.82) is 0 Å². The van der Waals surface area contributed by atoms with Gasteiger partial charge in [-0.1, -0.05) is 24.3 Å². The van der Waals surface area contributed by atoms with Crippen LogP contribution in [0.1, 0.15) is 10.4 Å². The number of urea groups is 1. The molecule has 2 rings (SSSR count). The third-order valence-corrected chi connectivity index (χ3v) is 3.28. The van der Waals surface area contributed by atoms with Gasteiger partial charge in [0.2, 0.25) is 0 Å². The van der Waals surface area contributed by atoms with E-state index in [2.05, 4.69) is 10.6 Å². The molecule has 0 aromatic heterocycles. The van der Waals surface area contributed by atoms with Gasteiger partial charge in [-0.25, -0.2) is 14.0 Å². The molecule has 2 aromatic carbocycles. The van der Waals surface area contributed by atoms with Crippen molar-refractivity contribution in [3.8, 4) is 0 Å². The van der Waals surface area contributed by atoms with E-state index in [1.807, 2.05) is 5.32 Å². The average molecular weight is 375 g/mol. The average Bonchev–Trinajstić information content (AvgIpc) is 2.66. The van der Waals surface area contributed by atoms with Crippen molar-refractivity contribution < 1.29 is 28.6 Å². The Labute approximate surface area is 154 Å². The molecule has 0 saturated carbocycles. The van der Waals surface area contributed by atoms with Gasteiger partial charge in [-0.2, -0.15) is 0 Å². The Morgan fingerprint density at radius 2 is 1.67 bits per heavy atom. The normalized spacial score (nSPS) is 10.0. The van der Waals surface area contributed by atoms with E-state index in [1.165, 1.54) is 24.3 Å². The van der Waals surface area contributed by atoms with Gasteiger partial charge in [-0.05, 0) is 24.3 Å². The molecule has 0 spiro atoms. The van der Waals surface area contributed by atoms with E-state index in [4.69, 9.17) is 9.84 Å². The summed E-state index contributed by atoms with van der Waals surface area (Å²) >= 11 is 0. The Morgan fingerprint density at radius 3 is 2.37 bits per heavy atom. The highest BCUT2D eigenvalue weighted by Crippen LogP contribution is 2.16. The van der Waals surface area contributed by atoms with Gasteiger partial charge in [0, 0.05) is 12.2 Å². The fourth-order valence-corrected chi connectivity index (χ4v) is 2.09. The van der Waals surface area contributed by atoms with Crippen molar-refractivity contribution in [2.75, 3.05) is 30.4 Å².